The Morgan fingerprint density at radius 3 is 2.77 bits per heavy atom. The Kier molecular flexibility index (Phi) is 4.65. The molecule has 22 heavy (non-hydrogen) atoms. The smallest absolute Gasteiger partial charge is 0.226 e. The topological polar surface area (TPSA) is 42.0 Å². The second kappa shape index (κ2) is 6.85. The van der Waals surface area contributed by atoms with Crippen LogP contribution in [-0.4, -0.2) is 10.9 Å². The number of thiazole rings is 1. The highest BCUT2D eigenvalue weighted by Crippen LogP contribution is 2.25. The van der Waals surface area contributed by atoms with Gasteiger partial charge in [0.15, 0.2) is 0 Å². The molecule has 3 rings (SSSR count). The minimum absolute atomic E-state index is 0.00137. The third-order valence-electron chi connectivity index (χ3n) is 3.34. The molecule has 0 saturated carbocycles. The van der Waals surface area contributed by atoms with Crippen molar-refractivity contribution in [2.24, 2.45) is 0 Å². The fraction of sp³-hybridized carbons (Fsp3) is 0.176. The van der Waals surface area contributed by atoms with Crippen LogP contribution >= 0.6 is 22.7 Å². The van der Waals surface area contributed by atoms with Crippen molar-refractivity contribution in [3.8, 4) is 10.6 Å². The van der Waals surface area contributed by atoms with Crippen LogP contribution in [0.25, 0.3) is 10.6 Å². The maximum absolute atomic E-state index is 12.1. The highest BCUT2D eigenvalue weighted by atomic mass is 32.1. The van der Waals surface area contributed by atoms with Crippen molar-refractivity contribution in [1.82, 2.24) is 10.3 Å². The van der Waals surface area contributed by atoms with Crippen LogP contribution in [0.1, 0.15) is 24.2 Å². The molecule has 0 unspecified atom stereocenters. The summed E-state index contributed by atoms with van der Waals surface area (Å²) in [5.41, 5.74) is 3.05. The Morgan fingerprint density at radius 2 is 2.05 bits per heavy atom. The summed E-state index contributed by atoms with van der Waals surface area (Å²) in [5, 5.41) is 10.0. The molecule has 112 valence electrons. The van der Waals surface area contributed by atoms with Gasteiger partial charge in [0, 0.05) is 16.3 Å². The van der Waals surface area contributed by atoms with E-state index in [0.29, 0.717) is 6.42 Å². The van der Waals surface area contributed by atoms with Gasteiger partial charge in [-0.1, -0.05) is 30.3 Å². The Hall–Kier alpha value is -1.98. The highest BCUT2D eigenvalue weighted by molar-refractivity contribution is 7.14. The van der Waals surface area contributed by atoms with Gasteiger partial charge >= 0.3 is 0 Å². The fourth-order valence-electron chi connectivity index (χ4n) is 2.19. The average Bonchev–Trinajstić information content (AvgIpc) is 3.19. The van der Waals surface area contributed by atoms with Crippen molar-refractivity contribution in [3.63, 3.8) is 0 Å². The van der Waals surface area contributed by atoms with E-state index in [2.05, 4.69) is 15.7 Å². The van der Waals surface area contributed by atoms with E-state index >= 15 is 0 Å². The van der Waals surface area contributed by atoms with Gasteiger partial charge < -0.3 is 5.32 Å². The van der Waals surface area contributed by atoms with Gasteiger partial charge in [-0.3, -0.25) is 4.79 Å². The van der Waals surface area contributed by atoms with E-state index in [1.807, 2.05) is 54.1 Å². The number of nitrogens with zero attached hydrogens (tertiary/aromatic N) is 1. The lowest BCUT2D eigenvalue weighted by atomic mass is 10.1. The van der Waals surface area contributed by atoms with E-state index in [0.717, 1.165) is 21.8 Å². The predicted molar refractivity (Wildman–Crippen MR) is 92.1 cm³/mol. The quantitative estimate of drug-likeness (QED) is 0.759. The second-order valence-electron chi connectivity index (χ2n) is 5.03. The minimum atomic E-state index is -0.00137. The highest BCUT2D eigenvalue weighted by Gasteiger charge is 2.12. The molecule has 1 amide bonds. The van der Waals surface area contributed by atoms with Crippen LogP contribution in [0.15, 0.2) is 52.5 Å². The molecule has 3 nitrogen and oxygen atoms in total. The number of hydrogen-bond acceptors (Lipinski definition) is 4. The van der Waals surface area contributed by atoms with Gasteiger partial charge in [0.2, 0.25) is 5.91 Å². The predicted octanol–water partition coefficient (Wildman–Crippen LogP) is 4.29. The molecule has 0 bridgehead atoms. The normalized spacial score (nSPS) is 12.0. The van der Waals surface area contributed by atoms with Crippen molar-refractivity contribution in [3.05, 3.63) is 63.8 Å². The molecule has 3 aromatic rings. The molecule has 0 aliphatic carbocycles. The molecule has 0 spiro atoms. The molecule has 0 aliphatic heterocycles. The lowest BCUT2D eigenvalue weighted by molar-refractivity contribution is -0.121. The van der Waals surface area contributed by atoms with Crippen LogP contribution in [-0.2, 0) is 11.2 Å². The van der Waals surface area contributed by atoms with Crippen molar-refractivity contribution >= 4 is 28.6 Å². The van der Waals surface area contributed by atoms with E-state index in [4.69, 9.17) is 0 Å². The van der Waals surface area contributed by atoms with Crippen molar-refractivity contribution in [2.45, 2.75) is 19.4 Å². The van der Waals surface area contributed by atoms with E-state index in [-0.39, 0.29) is 11.9 Å². The molecule has 0 saturated heterocycles. The summed E-state index contributed by atoms with van der Waals surface area (Å²) < 4.78 is 0. The van der Waals surface area contributed by atoms with Crippen molar-refractivity contribution < 1.29 is 4.79 Å². The standard InChI is InChI=1S/C17H16N2OS2/c1-12(13-5-3-2-4-6-13)18-16(20)9-15-11-22-17(19-15)14-7-8-21-10-14/h2-8,10-12H,9H2,1H3,(H,18,20)/t12-/m0/s1. The fourth-order valence-corrected chi connectivity index (χ4v) is 3.72. The van der Waals surface area contributed by atoms with Crippen LogP contribution in [0.3, 0.4) is 0 Å². The van der Waals surface area contributed by atoms with E-state index in [1.165, 1.54) is 0 Å². The summed E-state index contributed by atoms with van der Waals surface area (Å²) in [6.07, 6.45) is 0.317. The third kappa shape index (κ3) is 3.61. The second-order valence-corrected chi connectivity index (χ2v) is 6.67. The van der Waals surface area contributed by atoms with Crippen LogP contribution < -0.4 is 5.32 Å². The molecule has 2 aromatic heterocycles. The number of rotatable bonds is 5. The van der Waals surface area contributed by atoms with E-state index in [1.54, 1.807) is 22.7 Å². The summed E-state index contributed by atoms with van der Waals surface area (Å²) in [6.45, 7) is 1.99. The van der Waals surface area contributed by atoms with Crippen LogP contribution in [0.2, 0.25) is 0 Å². The zero-order valence-electron chi connectivity index (χ0n) is 12.2. The van der Waals surface area contributed by atoms with E-state index < -0.39 is 0 Å². The summed E-state index contributed by atoms with van der Waals surface area (Å²) in [6, 6.07) is 12.0. The van der Waals surface area contributed by atoms with Gasteiger partial charge in [0.1, 0.15) is 5.01 Å². The zero-order valence-corrected chi connectivity index (χ0v) is 13.8. The summed E-state index contributed by atoms with van der Waals surface area (Å²) in [7, 11) is 0. The number of hydrogen-bond donors (Lipinski definition) is 1. The Bertz CT molecular complexity index is 735. The van der Waals surface area contributed by atoms with E-state index in [9.17, 15) is 4.79 Å². The first-order valence-electron chi connectivity index (χ1n) is 7.03. The molecule has 5 heteroatoms. The van der Waals surface area contributed by atoms with Gasteiger partial charge in [-0.05, 0) is 23.9 Å². The third-order valence-corrected chi connectivity index (χ3v) is 4.96. The zero-order chi connectivity index (χ0) is 15.4. The largest absolute Gasteiger partial charge is 0.349 e. The van der Waals surface area contributed by atoms with Crippen molar-refractivity contribution in [1.29, 1.82) is 0 Å². The SMILES string of the molecule is C[C@H](NC(=O)Cc1csc(-c2ccsc2)n1)c1ccccc1. The Balaban J connectivity index is 1.60. The van der Waals surface area contributed by atoms with Gasteiger partial charge in [0.25, 0.3) is 0 Å². The number of thiophene rings is 1. The molecule has 1 N–H and O–H groups in total. The molecule has 2 heterocycles. The number of carbonyl (C=O) groups excluding carboxylic acids is 1. The number of nitrogens with one attached hydrogen (secondary N) is 1. The first-order valence-corrected chi connectivity index (χ1v) is 8.86. The number of aromatic nitrogens is 1. The Morgan fingerprint density at radius 1 is 1.23 bits per heavy atom. The molecule has 0 aliphatic rings. The first-order chi connectivity index (χ1) is 10.7. The number of benzene rings is 1. The average molecular weight is 328 g/mol. The van der Waals surface area contributed by atoms with Gasteiger partial charge in [0.05, 0.1) is 18.2 Å². The van der Waals surface area contributed by atoms with Crippen LogP contribution in [0, 0.1) is 0 Å². The molecule has 0 fully saturated rings. The molecular formula is C17H16N2OS2. The maximum Gasteiger partial charge on any atom is 0.226 e. The van der Waals surface area contributed by atoms with Crippen molar-refractivity contribution in [2.75, 3.05) is 0 Å². The molecular weight excluding hydrogens is 312 g/mol. The minimum Gasteiger partial charge on any atom is -0.349 e. The maximum atomic E-state index is 12.1. The Labute approximate surface area is 137 Å². The molecule has 1 aromatic carbocycles. The summed E-state index contributed by atoms with van der Waals surface area (Å²) in [5.74, 6) is -0.00137. The first kappa shape index (κ1) is 14.9. The number of carbonyl (C=O) groups is 1. The summed E-state index contributed by atoms with van der Waals surface area (Å²) in [4.78, 5) is 16.7. The van der Waals surface area contributed by atoms with Gasteiger partial charge in [-0.2, -0.15) is 11.3 Å². The van der Waals surface area contributed by atoms with Crippen LogP contribution in [0.4, 0.5) is 0 Å². The molecule has 0 radical (unpaired) electrons. The van der Waals surface area contributed by atoms with Gasteiger partial charge in [-0.25, -0.2) is 4.98 Å². The lowest BCUT2D eigenvalue weighted by Crippen LogP contribution is -2.28. The van der Waals surface area contributed by atoms with Gasteiger partial charge in [-0.15, -0.1) is 11.3 Å². The number of amides is 1. The van der Waals surface area contributed by atoms with Crippen LogP contribution in [0.5, 0.6) is 0 Å². The monoisotopic (exact) mass is 328 g/mol. The summed E-state index contributed by atoms with van der Waals surface area (Å²) >= 11 is 3.23. The lowest BCUT2D eigenvalue weighted by Gasteiger charge is -2.13. The molecule has 1 atom stereocenters.